The number of nitrogens with zero attached hydrogens (tertiary/aromatic N) is 1. The van der Waals surface area contributed by atoms with Gasteiger partial charge in [-0.15, -0.1) is 0 Å². The van der Waals surface area contributed by atoms with Gasteiger partial charge in [0, 0.05) is 13.1 Å². The molecule has 0 bridgehead atoms. The first kappa shape index (κ1) is 12.9. The summed E-state index contributed by atoms with van der Waals surface area (Å²) in [4.78, 5) is 13.8. The van der Waals surface area contributed by atoms with Crippen molar-refractivity contribution in [3.05, 3.63) is 29.8 Å². The van der Waals surface area contributed by atoms with E-state index in [0.717, 1.165) is 5.56 Å². The minimum atomic E-state index is -0.637. The number of phenols is 1. The van der Waals surface area contributed by atoms with Crippen molar-refractivity contribution in [2.45, 2.75) is 31.8 Å². The second-order valence-electron chi connectivity index (χ2n) is 5.22. The zero-order valence-electron chi connectivity index (χ0n) is 10.6. The van der Waals surface area contributed by atoms with E-state index in [0.29, 0.717) is 32.4 Å². The molecule has 0 unspecified atom stereocenters. The van der Waals surface area contributed by atoms with Crippen LogP contribution in [0, 0.1) is 0 Å². The lowest BCUT2D eigenvalue weighted by molar-refractivity contribution is -0.134. The highest BCUT2D eigenvalue weighted by Crippen LogP contribution is 2.22. The molecule has 1 aliphatic heterocycles. The first-order valence-corrected chi connectivity index (χ1v) is 6.24. The van der Waals surface area contributed by atoms with Crippen LogP contribution in [-0.4, -0.2) is 39.7 Å². The van der Waals surface area contributed by atoms with Gasteiger partial charge < -0.3 is 15.1 Å². The number of carbonyl (C=O) groups is 1. The zero-order valence-corrected chi connectivity index (χ0v) is 10.6. The number of piperidine rings is 1. The van der Waals surface area contributed by atoms with Gasteiger partial charge in [-0.3, -0.25) is 4.79 Å². The van der Waals surface area contributed by atoms with Gasteiger partial charge in [0.25, 0.3) is 0 Å². The Hall–Kier alpha value is -1.55. The Morgan fingerprint density at radius 1 is 1.39 bits per heavy atom. The highest BCUT2D eigenvalue weighted by atomic mass is 16.3. The van der Waals surface area contributed by atoms with Crippen LogP contribution >= 0.6 is 0 Å². The summed E-state index contributed by atoms with van der Waals surface area (Å²) in [5, 5.41) is 19.2. The molecule has 0 aliphatic carbocycles. The van der Waals surface area contributed by atoms with Crippen LogP contribution in [0.3, 0.4) is 0 Å². The van der Waals surface area contributed by atoms with Gasteiger partial charge in [0.1, 0.15) is 5.75 Å². The van der Waals surface area contributed by atoms with Crippen LogP contribution in [0.25, 0.3) is 0 Å². The molecular formula is C14H19NO3. The van der Waals surface area contributed by atoms with Gasteiger partial charge in [0.2, 0.25) is 5.91 Å². The molecule has 2 N–H and O–H groups in total. The number of hydrogen-bond acceptors (Lipinski definition) is 3. The molecule has 1 fully saturated rings. The number of phenolic OH excluding ortho intramolecular Hbond substituents is 1. The molecular weight excluding hydrogens is 230 g/mol. The number of rotatable bonds is 2. The number of aliphatic hydroxyl groups is 1. The Morgan fingerprint density at radius 2 is 2.06 bits per heavy atom. The number of carbonyl (C=O) groups excluding carboxylic acids is 1. The van der Waals surface area contributed by atoms with E-state index in [4.69, 9.17) is 0 Å². The predicted molar refractivity (Wildman–Crippen MR) is 68.2 cm³/mol. The predicted octanol–water partition coefficient (Wildman–Crippen LogP) is 1.31. The van der Waals surface area contributed by atoms with Gasteiger partial charge >= 0.3 is 0 Å². The summed E-state index contributed by atoms with van der Waals surface area (Å²) in [5.41, 5.74) is 0.180. The normalized spacial score (nSPS) is 18.7. The minimum absolute atomic E-state index is 0.0519. The largest absolute Gasteiger partial charge is 0.508 e. The van der Waals surface area contributed by atoms with E-state index in [1.807, 2.05) is 13.0 Å². The van der Waals surface area contributed by atoms with E-state index < -0.39 is 5.60 Å². The smallest absolute Gasteiger partial charge is 0.226 e. The fourth-order valence-electron chi connectivity index (χ4n) is 2.19. The first-order chi connectivity index (χ1) is 8.46. The molecule has 2 rings (SSSR count). The van der Waals surface area contributed by atoms with Crippen molar-refractivity contribution in [2.24, 2.45) is 0 Å². The van der Waals surface area contributed by atoms with Crippen molar-refractivity contribution < 1.29 is 15.0 Å². The van der Waals surface area contributed by atoms with Crippen molar-refractivity contribution in [3.8, 4) is 5.75 Å². The minimum Gasteiger partial charge on any atom is -0.508 e. The highest BCUT2D eigenvalue weighted by Gasteiger charge is 2.29. The Bertz CT molecular complexity index is 432. The molecule has 1 heterocycles. The fourth-order valence-corrected chi connectivity index (χ4v) is 2.19. The van der Waals surface area contributed by atoms with Gasteiger partial charge in [-0.2, -0.15) is 0 Å². The molecule has 1 aromatic rings. The van der Waals surface area contributed by atoms with Crippen molar-refractivity contribution in [2.75, 3.05) is 13.1 Å². The van der Waals surface area contributed by atoms with Crippen molar-refractivity contribution >= 4 is 5.91 Å². The number of amides is 1. The summed E-state index contributed by atoms with van der Waals surface area (Å²) in [7, 11) is 0. The maximum atomic E-state index is 12.1. The summed E-state index contributed by atoms with van der Waals surface area (Å²) in [6.07, 6.45) is 1.55. The van der Waals surface area contributed by atoms with Crippen LogP contribution in [0.15, 0.2) is 24.3 Å². The molecule has 1 saturated heterocycles. The van der Waals surface area contributed by atoms with Gasteiger partial charge in [0.15, 0.2) is 0 Å². The molecule has 1 aromatic carbocycles. The third-order valence-electron chi connectivity index (χ3n) is 3.46. The molecule has 1 aliphatic rings. The van der Waals surface area contributed by atoms with Gasteiger partial charge in [-0.25, -0.2) is 0 Å². The quantitative estimate of drug-likeness (QED) is 0.830. The lowest BCUT2D eigenvalue weighted by atomic mass is 9.93. The second-order valence-corrected chi connectivity index (χ2v) is 5.22. The number of likely N-dealkylation sites (tertiary alicyclic amines) is 1. The average Bonchev–Trinajstić information content (AvgIpc) is 2.28. The van der Waals surface area contributed by atoms with Gasteiger partial charge in [-0.1, -0.05) is 12.1 Å². The fraction of sp³-hybridized carbons (Fsp3) is 0.500. The lowest BCUT2D eigenvalue weighted by Crippen LogP contribution is -2.45. The Balaban J connectivity index is 1.93. The molecule has 4 nitrogen and oxygen atoms in total. The summed E-state index contributed by atoms with van der Waals surface area (Å²) in [5.74, 6) is 0.234. The molecule has 0 spiro atoms. The van der Waals surface area contributed by atoms with Crippen LogP contribution in [0.4, 0.5) is 0 Å². The summed E-state index contributed by atoms with van der Waals surface area (Å²) < 4.78 is 0. The average molecular weight is 249 g/mol. The van der Waals surface area contributed by atoms with E-state index in [9.17, 15) is 15.0 Å². The summed E-state index contributed by atoms with van der Waals surface area (Å²) in [6.45, 7) is 3.01. The standard InChI is InChI=1S/C14H19NO3/c1-14(18)5-7-15(8-6-14)13(17)10-11-3-2-4-12(16)9-11/h2-4,9,16,18H,5-8,10H2,1H3. The molecule has 0 atom stereocenters. The highest BCUT2D eigenvalue weighted by molar-refractivity contribution is 5.79. The van der Waals surface area contributed by atoms with Crippen LogP contribution < -0.4 is 0 Å². The number of aromatic hydroxyl groups is 1. The monoisotopic (exact) mass is 249 g/mol. The van der Waals surface area contributed by atoms with Crippen LogP contribution in [-0.2, 0) is 11.2 Å². The van der Waals surface area contributed by atoms with Crippen LogP contribution in [0.1, 0.15) is 25.3 Å². The van der Waals surface area contributed by atoms with Crippen molar-refractivity contribution in [3.63, 3.8) is 0 Å². The maximum Gasteiger partial charge on any atom is 0.226 e. The molecule has 0 saturated carbocycles. The maximum absolute atomic E-state index is 12.1. The second kappa shape index (κ2) is 4.98. The third kappa shape index (κ3) is 3.23. The number of hydrogen-bond donors (Lipinski definition) is 2. The summed E-state index contributed by atoms with van der Waals surface area (Å²) >= 11 is 0. The van der Waals surface area contributed by atoms with Crippen molar-refractivity contribution in [1.29, 1.82) is 0 Å². The van der Waals surface area contributed by atoms with E-state index in [-0.39, 0.29) is 11.7 Å². The third-order valence-corrected chi connectivity index (χ3v) is 3.46. The molecule has 18 heavy (non-hydrogen) atoms. The van der Waals surface area contributed by atoms with Crippen molar-refractivity contribution in [1.82, 2.24) is 4.90 Å². The van der Waals surface area contributed by atoms with Crippen LogP contribution in [0.5, 0.6) is 5.75 Å². The van der Waals surface area contributed by atoms with Gasteiger partial charge in [-0.05, 0) is 37.5 Å². The topological polar surface area (TPSA) is 60.8 Å². The first-order valence-electron chi connectivity index (χ1n) is 6.24. The summed E-state index contributed by atoms with van der Waals surface area (Å²) in [6, 6.07) is 6.76. The van der Waals surface area contributed by atoms with E-state index in [1.54, 1.807) is 23.1 Å². The molecule has 4 heteroatoms. The lowest BCUT2D eigenvalue weighted by Gasteiger charge is -2.35. The van der Waals surface area contributed by atoms with Gasteiger partial charge in [0.05, 0.1) is 12.0 Å². The molecule has 0 aromatic heterocycles. The molecule has 98 valence electrons. The van der Waals surface area contributed by atoms with Crippen LogP contribution in [0.2, 0.25) is 0 Å². The van der Waals surface area contributed by atoms with E-state index in [1.165, 1.54) is 0 Å². The van der Waals surface area contributed by atoms with E-state index >= 15 is 0 Å². The Labute approximate surface area is 107 Å². The molecule has 1 amide bonds. The molecule has 0 radical (unpaired) electrons. The number of benzene rings is 1. The SMILES string of the molecule is CC1(O)CCN(C(=O)Cc2cccc(O)c2)CC1. The Morgan fingerprint density at radius 3 is 2.67 bits per heavy atom. The zero-order chi connectivity index (χ0) is 13.2. The Kier molecular flexibility index (Phi) is 3.57. The van der Waals surface area contributed by atoms with E-state index in [2.05, 4.69) is 0 Å².